The molecular weight excluding hydrogens is 258 g/mol. The first-order valence-corrected chi connectivity index (χ1v) is 6.65. The quantitative estimate of drug-likeness (QED) is 0.567. The van der Waals surface area contributed by atoms with Crippen LogP contribution in [-0.4, -0.2) is 30.8 Å². The van der Waals surface area contributed by atoms with E-state index in [1.165, 1.54) is 0 Å². The number of halogens is 2. The monoisotopic (exact) mass is 271 g/mol. The van der Waals surface area contributed by atoms with Crippen molar-refractivity contribution < 1.29 is 31.3 Å². The van der Waals surface area contributed by atoms with Crippen LogP contribution < -0.4 is 0 Å². The smallest absolute Gasteiger partial charge is 0.367 e. The minimum atomic E-state index is -5.79. The second-order valence-corrected chi connectivity index (χ2v) is 5.54. The molecule has 1 saturated carbocycles. The normalized spacial score (nSPS) is 19.0. The standard InChI is InChI=1S/C9H14F2O5S/c10-9(11,17(13,14)15)6-16-8(12)7-4-2-1-3-5-7/h7H,1-6H2,(H,13,14,15)/p-1. The van der Waals surface area contributed by atoms with Gasteiger partial charge < -0.3 is 9.29 Å². The molecule has 0 aromatic carbocycles. The number of carbonyl (C=O) groups excluding carboxylic acids is 1. The molecule has 0 aliphatic heterocycles. The van der Waals surface area contributed by atoms with Crippen LogP contribution in [0.25, 0.3) is 0 Å². The third kappa shape index (κ3) is 3.88. The second kappa shape index (κ2) is 5.26. The zero-order valence-electron chi connectivity index (χ0n) is 9.03. The van der Waals surface area contributed by atoms with E-state index in [1.807, 2.05) is 0 Å². The molecule has 0 heterocycles. The first-order chi connectivity index (χ1) is 7.74. The average Bonchev–Trinajstić information content (AvgIpc) is 2.25. The summed E-state index contributed by atoms with van der Waals surface area (Å²) in [6, 6.07) is 0. The molecule has 0 spiro atoms. The van der Waals surface area contributed by atoms with Gasteiger partial charge in [-0.3, -0.25) is 4.79 Å². The van der Waals surface area contributed by atoms with Crippen molar-refractivity contribution in [3.8, 4) is 0 Å². The van der Waals surface area contributed by atoms with E-state index in [-0.39, 0.29) is 0 Å². The number of esters is 1. The van der Waals surface area contributed by atoms with Gasteiger partial charge in [0.15, 0.2) is 16.7 Å². The Hall–Kier alpha value is -0.760. The fraction of sp³-hybridized carbons (Fsp3) is 0.889. The Bertz CT molecular complexity index is 373. The van der Waals surface area contributed by atoms with E-state index in [4.69, 9.17) is 0 Å². The molecule has 0 N–H and O–H groups in total. The molecule has 1 fully saturated rings. The topological polar surface area (TPSA) is 83.5 Å². The molecule has 0 amide bonds. The summed E-state index contributed by atoms with van der Waals surface area (Å²) < 4.78 is 60.0. The van der Waals surface area contributed by atoms with Crippen LogP contribution in [0.4, 0.5) is 8.78 Å². The lowest BCUT2D eigenvalue weighted by Gasteiger charge is -2.23. The van der Waals surface area contributed by atoms with E-state index in [1.54, 1.807) is 0 Å². The number of alkyl halides is 2. The number of rotatable bonds is 4. The molecule has 1 rings (SSSR count). The summed E-state index contributed by atoms with van der Waals surface area (Å²) in [7, 11) is -5.79. The zero-order valence-corrected chi connectivity index (χ0v) is 9.84. The molecular formula is C9H13F2O5S-. The van der Waals surface area contributed by atoms with Crippen molar-refractivity contribution in [1.82, 2.24) is 0 Å². The minimum Gasteiger partial charge on any atom is -0.743 e. The molecule has 100 valence electrons. The third-order valence-corrected chi connectivity index (χ3v) is 3.54. The Labute approximate surface area is 97.9 Å². The van der Waals surface area contributed by atoms with Crippen molar-refractivity contribution >= 4 is 16.1 Å². The molecule has 0 radical (unpaired) electrons. The van der Waals surface area contributed by atoms with Gasteiger partial charge in [-0.1, -0.05) is 19.3 Å². The summed E-state index contributed by atoms with van der Waals surface area (Å²) in [5, 5.41) is -4.56. The van der Waals surface area contributed by atoms with Gasteiger partial charge in [0.1, 0.15) is 0 Å². The highest BCUT2D eigenvalue weighted by Crippen LogP contribution is 2.26. The molecule has 5 nitrogen and oxygen atoms in total. The fourth-order valence-electron chi connectivity index (χ4n) is 1.68. The van der Waals surface area contributed by atoms with Crippen LogP contribution in [0, 0.1) is 5.92 Å². The van der Waals surface area contributed by atoms with Crippen LogP contribution in [0.3, 0.4) is 0 Å². The maximum atomic E-state index is 12.7. The number of hydrogen-bond donors (Lipinski definition) is 0. The molecule has 0 saturated heterocycles. The molecule has 8 heteroatoms. The van der Waals surface area contributed by atoms with Gasteiger partial charge >= 0.3 is 11.2 Å². The van der Waals surface area contributed by atoms with Crippen LogP contribution >= 0.6 is 0 Å². The van der Waals surface area contributed by atoms with Gasteiger partial charge in [0.25, 0.3) is 0 Å². The van der Waals surface area contributed by atoms with Crippen LogP contribution in [-0.2, 0) is 19.6 Å². The number of carbonyl (C=O) groups is 1. The molecule has 1 aliphatic rings. The lowest BCUT2D eigenvalue weighted by atomic mass is 9.89. The van der Waals surface area contributed by atoms with Gasteiger partial charge in [0.05, 0.1) is 5.92 Å². The number of ether oxygens (including phenoxy) is 1. The highest BCUT2D eigenvalue weighted by Gasteiger charge is 2.40. The van der Waals surface area contributed by atoms with Gasteiger partial charge in [-0.15, -0.1) is 0 Å². The zero-order chi connectivity index (χ0) is 13.1. The van der Waals surface area contributed by atoms with Crippen LogP contribution in [0.1, 0.15) is 32.1 Å². The molecule has 0 aromatic rings. The van der Waals surface area contributed by atoms with Crippen molar-refractivity contribution in [2.45, 2.75) is 37.4 Å². The van der Waals surface area contributed by atoms with Gasteiger partial charge in [-0.2, -0.15) is 8.78 Å². The SMILES string of the molecule is O=C(OCC(F)(F)S(=O)(=O)[O-])C1CCCCC1. The van der Waals surface area contributed by atoms with Crippen LogP contribution in [0.2, 0.25) is 0 Å². The Kier molecular flexibility index (Phi) is 4.42. The Balaban J connectivity index is 2.47. The van der Waals surface area contributed by atoms with Crippen molar-refractivity contribution in [1.29, 1.82) is 0 Å². The molecule has 0 aromatic heterocycles. The van der Waals surface area contributed by atoms with Gasteiger partial charge in [-0.05, 0) is 12.8 Å². The van der Waals surface area contributed by atoms with Crippen molar-refractivity contribution in [2.75, 3.05) is 6.61 Å². The van der Waals surface area contributed by atoms with Crippen molar-refractivity contribution in [3.05, 3.63) is 0 Å². The predicted molar refractivity (Wildman–Crippen MR) is 52.2 cm³/mol. The maximum absolute atomic E-state index is 12.7. The van der Waals surface area contributed by atoms with Crippen molar-refractivity contribution in [3.63, 3.8) is 0 Å². The molecule has 17 heavy (non-hydrogen) atoms. The minimum absolute atomic E-state index is 0.464. The maximum Gasteiger partial charge on any atom is 0.367 e. The van der Waals surface area contributed by atoms with Crippen LogP contribution in [0.15, 0.2) is 0 Å². The average molecular weight is 271 g/mol. The first-order valence-electron chi connectivity index (χ1n) is 5.24. The Morgan fingerprint density at radius 1 is 1.29 bits per heavy atom. The van der Waals surface area contributed by atoms with E-state index in [2.05, 4.69) is 4.74 Å². The van der Waals surface area contributed by atoms with E-state index in [0.29, 0.717) is 12.8 Å². The molecule has 0 bridgehead atoms. The van der Waals surface area contributed by atoms with Gasteiger partial charge in [0, 0.05) is 0 Å². The largest absolute Gasteiger partial charge is 0.743 e. The summed E-state index contributed by atoms with van der Waals surface area (Å²) >= 11 is 0. The van der Waals surface area contributed by atoms with Crippen LogP contribution in [0.5, 0.6) is 0 Å². The Morgan fingerprint density at radius 2 is 1.82 bits per heavy atom. The highest BCUT2D eigenvalue weighted by molar-refractivity contribution is 7.86. The summed E-state index contributed by atoms with van der Waals surface area (Å²) in [5.74, 6) is -1.32. The van der Waals surface area contributed by atoms with E-state index in [9.17, 15) is 26.5 Å². The second-order valence-electron chi connectivity index (χ2n) is 4.03. The first kappa shape index (κ1) is 14.3. The van der Waals surface area contributed by atoms with E-state index >= 15 is 0 Å². The fourth-order valence-corrected chi connectivity index (χ4v) is 1.89. The third-order valence-electron chi connectivity index (χ3n) is 2.69. The summed E-state index contributed by atoms with van der Waals surface area (Å²) in [4.78, 5) is 11.3. The molecule has 1 aliphatic carbocycles. The van der Waals surface area contributed by atoms with Crippen molar-refractivity contribution in [2.24, 2.45) is 5.92 Å². The summed E-state index contributed by atoms with van der Waals surface area (Å²) in [6.45, 7) is -1.70. The lowest BCUT2D eigenvalue weighted by Crippen LogP contribution is -2.36. The van der Waals surface area contributed by atoms with Gasteiger partial charge in [0.2, 0.25) is 0 Å². The summed E-state index contributed by atoms with van der Waals surface area (Å²) in [6.07, 6.45) is 3.71. The molecule has 0 unspecified atom stereocenters. The molecule has 0 atom stereocenters. The summed E-state index contributed by atoms with van der Waals surface area (Å²) in [5.41, 5.74) is 0. The highest BCUT2D eigenvalue weighted by atomic mass is 32.2. The Morgan fingerprint density at radius 3 is 2.29 bits per heavy atom. The van der Waals surface area contributed by atoms with E-state index < -0.39 is 33.9 Å². The number of hydrogen-bond acceptors (Lipinski definition) is 5. The van der Waals surface area contributed by atoms with Gasteiger partial charge in [-0.25, -0.2) is 8.42 Å². The lowest BCUT2D eigenvalue weighted by molar-refractivity contribution is -0.155. The van der Waals surface area contributed by atoms with E-state index in [0.717, 1.165) is 19.3 Å². The predicted octanol–water partition coefficient (Wildman–Crippen LogP) is 1.25.